The normalized spacial score (nSPS) is 18.8. The molecule has 5 heteroatoms. The molecule has 2 aromatic carbocycles. The molecule has 132 valence electrons. The zero-order valence-corrected chi connectivity index (χ0v) is 14.4. The fourth-order valence-electron chi connectivity index (χ4n) is 3.04. The summed E-state index contributed by atoms with van der Waals surface area (Å²) in [4.78, 5) is 12.4. The Kier molecular flexibility index (Phi) is 4.69. The Morgan fingerprint density at radius 3 is 2.46 bits per heavy atom. The first-order valence-corrected chi connectivity index (χ1v) is 8.76. The van der Waals surface area contributed by atoms with Crippen molar-refractivity contribution in [2.24, 2.45) is 5.10 Å². The highest BCUT2D eigenvalue weighted by molar-refractivity contribution is 6.00. The molecule has 1 amide bonds. The average Bonchev–Trinajstić information content (AvgIpc) is 3.33. The van der Waals surface area contributed by atoms with E-state index in [1.165, 1.54) is 5.01 Å². The molecule has 0 aliphatic carbocycles. The largest absolute Gasteiger partial charge is 0.458 e. The van der Waals surface area contributed by atoms with Crippen molar-refractivity contribution in [3.8, 4) is 0 Å². The van der Waals surface area contributed by atoms with Crippen LogP contribution in [0.5, 0.6) is 0 Å². The van der Waals surface area contributed by atoms with Crippen molar-refractivity contribution >= 4 is 11.6 Å². The summed E-state index contributed by atoms with van der Waals surface area (Å²) in [7, 11) is 0. The zero-order chi connectivity index (χ0) is 17.8. The van der Waals surface area contributed by atoms with Gasteiger partial charge < -0.3 is 9.47 Å². The smallest absolute Gasteiger partial charge is 0.247 e. The number of amides is 1. The summed E-state index contributed by atoms with van der Waals surface area (Å²) >= 11 is 0. The molecule has 0 radical (unpaired) electrons. The van der Waals surface area contributed by atoms with Crippen LogP contribution in [0.3, 0.4) is 0 Å². The van der Waals surface area contributed by atoms with E-state index >= 15 is 0 Å². The predicted molar refractivity (Wildman–Crippen MR) is 98.1 cm³/mol. The third-order valence-electron chi connectivity index (χ3n) is 4.40. The van der Waals surface area contributed by atoms with E-state index in [1.54, 1.807) is 6.26 Å². The Labute approximate surface area is 152 Å². The second-order valence-electron chi connectivity index (χ2n) is 6.33. The maximum Gasteiger partial charge on any atom is 0.247 e. The highest BCUT2D eigenvalue weighted by Gasteiger charge is 2.29. The van der Waals surface area contributed by atoms with E-state index in [-0.39, 0.29) is 12.2 Å². The minimum Gasteiger partial charge on any atom is -0.458 e. The fourth-order valence-corrected chi connectivity index (χ4v) is 3.04. The van der Waals surface area contributed by atoms with E-state index in [4.69, 9.17) is 9.47 Å². The number of allylic oxidation sites excluding steroid dienone is 1. The number of benzene rings is 2. The summed E-state index contributed by atoms with van der Waals surface area (Å²) in [6.45, 7) is 0.574. The second-order valence-corrected chi connectivity index (χ2v) is 6.33. The quantitative estimate of drug-likeness (QED) is 0.833. The first kappa shape index (κ1) is 16.4. The van der Waals surface area contributed by atoms with E-state index in [9.17, 15) is 4.79 Å². The molecule has 2 aliphatic heterocycles. The number of ether oxygens (including phenoxy) is 2. The third kappa shape index (κ3) is 3.77. The van der Waals surface area contributed by atoms with E-state index in [2.05, 4.69) is 5.10 Å². The van der Waals surface area contributed by atoms with Crippen molar-refractivity contribution < 1.29 is 14.3 Å². The summed E-state index contributed by atoms with van der Waals surface area (Å²) < 4.78 is 11.5. The fraction of sp³-hybridized carbons (Fsp3) is 0.238. The Morgan fingerprint density at radius 1 is 1.04 bits per heavy atom. The highest BCUT2D eigenvalue weighted by atomic mass is 16.7. The van der Waals surface area contributed by atoms with Gasteiger partial charge in [0.05, 0.1) is 13.0 Å². The van der Waals surface area contributed by atoms with Crippen LogP contribution in [0, 0.1) is 0 Å². The summed E-state index contributed by atoms with van der Waals surface area (Å²) in [6.07, 6.45) is 2.96. The van der Waals surface area contributed by atoms with Crippen molar-refractivity contribution in [3.63, 3.8) is 0 Å². The number of hydrogen-bond donors (Lipinski definition) is 0. The lowest BCUT2D eigenvalue weighted by molar-refractivity contribution is -0.130. The standard InChI is InChI=1S/C21H20N2O3/c24-20(13-16-7-3-1-4-8-16)23-12-11-18(22-23)19-15-25-21(26-19)14-17-9-5-2-6-10-17/h1-10,15,21H,11-14H2. The molecule has 2 heterocycles. The van der Waals surface area contributed by atoms with Gasteiger partial charge in [-0.2, -0.15) is 5.10 Å². The SMILES string of the molecule is O=C(Cc1ccccc1)N1CCC(C2=COC(Cc3ccccc3)O2)=N1. The van der Waals surface area contributed by atoms with Crippen molar-refractivity contribution in [2.75, 3.05) is 6.54 Å². The number of rotatable bonds is 5. The molecule has 0 aromatic heterocycles. The van der Waals surface area contributed by atoms with Crippen molar-refractivity contribution in [1.82, 2.24) is 5.01 Å². The van der Waals surface area contributed by atoms with Gasteiger partial charge in [0.2, 0.25) is 12.2 Å². The van der Waals surface area contributed by atoms with Crippen LogP contribution in [0.1, 0.15) is 17.5 Å². The average molecular weight is 348 g/mol. The first-order chi connectivity index (χ1) is 12.8. The molecule has 0 N–H and O–H groups in total. The van der Waals surface area contributed by atoms with Crippen LogP contribution >= 0.6 is 0 Å². The van der Waals surface area contributed by atoms with Gasteiger partial charge in [0.1, 0.15) is 12.0 Å². The number of carbonyl (C=O) groups excluding carboxylic acids is 1. The van der Waals surface area contributed by atoms with Gasteiger partial charge in [-0.1, -0.05) is 60.7 Å². The molecule has 26 heavy (non-hydrogen) atoms. The van der Waals surface area contributed by atoms with E-state index in [0.717, 1.165) is 16.8 Å². The van der Waals surface area contributed by atoms with E-state index < -0.39 is 0 Å². The number of hydrazone groups is 1. The van der Waals surface area contributed by atoms with Crippen LogP contribution in [0.2, 0.25) is 0 Å². The van der Waals surface area contributed by atoms with Gasteiger partial charge in [-0.15, -0.1) is 0 Å². The summed E-state index contributed by atoms with van der Waals surface area (Å²) in [5.74, 6) is 0.618. The first-order valence-electron chi connectivity index (χ1n) is 8.76. The minimum atomic E-state index is -0.343. The van der Waals surface area contributed by atoms with E-state index in [0.29, 0.717) is 31.6 Å². The molecular weight excluding hydrogens is 328 g/mol. The Balaban J connectivity index is 1.34. The van der Waals surface area contributed by atoms with Gasteiger partial charge in [0.25, 0.3) is 0 Å². The minimum absolute atomic E-state index is 0.00782. The zero-order valence-electron chi connectivity index (χ0n) is 14.4. The maximum atomic E-state index is 12.4. The monoisotopic (exact) mass is 348 g/mol. The van der Waals surface area contributed by atoms with Crippen LogP contribution in [0.15, 0.2) is 77.8 Å². The number of hydrogen-bond acceptors (Lipinski definition) is 4. The van der Waals surface area contributed by atoms with Gasteiger partial charge in [-0.25, -0.2) is 5.01 Å². The van der Waals surface area contributed by atoms with E-state index in [1.807, 2.05) is 60.7 Å². The third-order valence-corrected chi connectivity index (χ3v) is 4.40. The van der Waals surface area contributed by atoms with Gasteiger partial charge >= 0.3 is 0 Å². The van der Waals surface area contributed by atoms with Gasteiger partial charge in [0, 0.05) is 12.8 Å². The molecular formula is C21H20N2O3. The van der Waals surface area contributed by atoms with Crippen molar-refractivity contribution in [3.05, 3.63) is 83.8 Å². The molecule has 4 rings (SSSR count). The molecule has 0 saturated heterocycles. The summed E-state index contributed by atoms with van der Waals surface area (Å²) in [5, 5.41) is 5.96. The molecule has 0 bridgehead atoms. The lowest BCUT2D eigenvalue weighted by Crippen LogP contribution is -2.25. The van der Waals surface area contributed by atoms with Crippen LogP contribution in [0.25, 0.3) is 0 Å². The van der Waals surface area contributed by atoms with Crippen molar-refractivity contribution in [2.45, 2.75) is 25.6 Å². The van der Waals surface area contributed by atoms with Crippen LogP contribution < -0.4 is 0 Å². The molecule has 1 atom stereocenters. The molecule has 2 aromatic rings. The molecule has 1 unspecified atom stereocenters. The summed E-state index contributed by atoms with van der Waals surface area (Å²) in [6, 6.07) is 19.8. The van der Waals surface area contributed by atoms with Crippen LogP contribution in [-0.4, -0.2) is 29.5 Å². The van der Waals surface area contributed by atoms with Crippen molar-refractivity contribution in [1.29, 1.82) is 0 Å². The lowest BCUT2D eigenvalue weighted by atomic mass is 10.1. The summed E-state index contributed by atoms with van der Waals surface area (Å²) in [5.41, 5.74) is 2.91. The van der Waals surface area contributed by atoms with Gasteiger partial charge in [0.15, 0.2) is 5.76 Å². The molecule has 0 spiro atoms. The number of nitrogens with zero attached hydrogens (tertiary/aromatic N) is 2. The topological polar surface area (TPSA) is 51.1 Å². The Bertz CT molecular complexity index is 831. The van der Waals surface area contributed by atoms with Gasteiger partial charge in [-0.05, 0) is 11.1 Å². The predicted octanol–water partition coefficient (Wildman–Crippen LogP) is 3.27. The number of carbonyl (C=O) groups is 1. The highest BCUT2D eigenvalue weighted by Crippen LogP contribution is 2.23. The Hall–Kier alpha value is -3.08. The van der Waals surface area contributed by atoms with Crippen LogP contribution in [-0.2, 0) is 27.1 Å². The van der Waals surface area contributed by atoms with Crippen LogP contribution in [0.4, 0.5) is 0 Å². The Morgan fingerprint density at radius 2 is 1.73 bits per heavy atom. The lowest BCUT2D eigenvalue weighted by Gasteiger charge is -2.12. The molecule has 5 nitrogen and oxygen atoms in total. The maximum absolute atomic E-state index is 12.4. The molecule has 2 aliphatic rings. The molecule has 0 fully saturated rings. The molecule has 0 saturated carbocycles. The second kappa shape index (κ2) is 7.44. The van der Waals surface area contributed by atoms with Gasteiger partial charge in [-0.3, -0.25) is 4.79 Å².